The van der Waals surface area contributed by atoms with Crippen molar-refractivity contribution in [2.45, 2.75) is 24.3 Å². The molecular weight excluding hydrogens is 440 g/mol. The summed E-state index contributed by atoms with van der Waals surface area (Å²) in [6.07, 6.45) is 0.0240. The summed E-state index contributed by atoms with van der Waals surface area (Å²) in [6.45, 7) is 2.69. The van der Waals surface area contributed by atoms with E-state index in [2.05, 4.69) is 10.0 Å². The van der Waals surface area contributed by atoms with Crippen LogP contribution in [0.25, 0.3) is 11.1 Å². The third-order valence-corrected chi connectivity index (χ3v) is 6.82. The molecule has 1 aliphatic heterocycles. The van der Waals surface area contributed by atoms with Gasteiger partial charge in [0.2, 0.25) is 15.9 Å². The molecule has 172 valence electrons. The van der Waals surface area contributed by atoms with Crippen LogP contribution in [0.5, 0.6) is 11.5 Å². The molecule has 2 N–H and O–H groups in total. The molecule has 1 aliphatic rings. The lowest BCUT2D eigenvalue weighted by atomic mass is 10.0. The SMILES string of the molecule is C[C@H](NC(=O)CCNS(=O)(=O)c1ccc2c(c1)OCCO2)c1ccc(-c2ccccc2)cc1. The number of fused-ring (bicyclic) bond motifs is 1. The monoisotopic (exact) mass is 466 g/mol. The van der Waals surface area contributed by atoms with Crippen LogP contribution < -0.4 is 19.5 Å². The zero-order valence-electron chi connectivity index (χ0n) is 18.3. The van der Waals surface area contributed by atoms with Gasteiger partial charge in [0.25, 0.3) is 0 Å². The summed E-state index contributed by atoms with van der Waals surface area (Å²) < 4.78 is 38.4. The zero-order chi connectivity index (χ0) is 23.3. The van der Waals surface area contributed by atoms with E-state index in [1.165, 1.54) is 12.1 Å². The van der Waals surface area contributed by atoms with Crippen molar-refractivity contribution in [1.29, 1.82) is 0 Å². The zero-order valence-corrected chi connectivity index (χ0v) is 19.1. The van der Waals surface area contributed by atoms with Crippen LogP contribution in [0.1, 0.15) is 24.9 Å². The molecule has 1 amide bonds. The second-order valence-electron chi connectivity index (χ2n) is 7.73. The molecule has 0 saturated carbocycles. The van der Waals surface area contributed by atoms with E-state index in [0.717, 1.165) is 16.7 Å². The van der Waals surface area contributed by atoms with Gasteiger partial charge in [-0.05, 0) is 35.7 Å². The molecule has 4 rings (SSSR count). The van der Waals surface area contributed by atoms with E-state index in [4.69, 9.17) is 9.47 Å². The largest absolute Gasteiger partial charge is 0.486 e. The average molecular weight is 467 g/mol. The van der Waals surface area contributed by atoms with Crippen molar-refractivity contribution in [3.05, 3.63) is 78.4 Å². The van der Waals surface area contributed by atoms with Gasteiger partial charge in [0.05, 0.1) is 10.9 Å². The summed E-state index contributed by atoms with van der Waals surface area (Å²) in [4.78, 5) is 12.4. The summed E-state index contributed by atoms with van der Waals surface area (Å²) in [7, 11) is -3.77. The highest BCUT2D eigenvalue weighted by Crippen LogP contribution is 2.32. The van der Waals surface area contributed by atoms with Gasteiger partial charge in [-0.1, -0.05) is 54.6 Å². The Morgan fingerprint density at radius 3 is 2.30 bits per heavy atom. The van der Waals surface area contributed by atoms with Crippen molar-refractivity contribution in [2.75, 3.05) is 19.8 Å². The van der Waals surface area contributed by atoms with Gasteiger partial charge in [0.1, 0.15) is 13.2 Å². The number of carbonyl (C=O) groups excluding carboxylic acids is 1. The maximum absolute atomic E-state index is 12.6. The van der Waals surface area contributed by atoms with Crippen LogP contribution in [0, 0.1) is 0 Å². The average Bonchev–Trinajstić information content (AvgIpc) is 2.84. The first-order valence-electron chi connectivity index (χ1n) is 10.8. The molecule has 0 unspecified atom stereocenters. The number of hydrogen-bond acceptors (Lipinski definition) is 5. The Labute approximate surface area is 193 Å². The fourth-order valence-corrected chi connectivity index (χ4v) is 4.61. The molecule has 3 aromatic carbocycles. The first-order chi connectivity index (χ1) is 15.9. The molecule has 8 heteroatoms. The van der Waals surface area contributed by atoms with Crippen molar-refractivity contribution in [3.8, 4) is 22.6 Å². The number of carbonyl (C=O) groups is 1. The summed E-state index contributed by atoms with van der Waals surface area (Å²) in [5.41, 5.74) is 3.21. The van der Waals surface area contributed by atoms with Crippen LogP contribution in [-0.2, 0) is 14.8 Å². The molecule has 0 aliphatic carbocycles. The highest BCUT2D eigenvalue weighted by atomic mass is 32.2. The molecule has 0 aromatic heterocycles. The molecule has 33 heavy (non-hydrogen) atoms. The third-order valence-electron chi connectivity index (χ3n) is 5.36. The number of hydrogen-bond donors (Lipinski definition) is 2. The Bertz CT molecular complexity index is 1210. The van der Waals surface area contributed by atoms with Crippen LogP contribution >= 0.6 is 0 Å². The van der Waals surface area contributed by atoms with Crippen molar-refractivity contribution in [3.63, 3.8) is 0 Å². The van der Waals surface area contributed by atoms with Crippen LogP contribution in [0.2, 0.25) is 0 Å². The summed E-state index contributed by atoms with van der Waals surface area (Å²) in [5, 5.41) is 2.91. The topological polar surface area (TPSA) is 93.7 Å². The van der Waals surface area contributed by atoms with Gasteiger partial charge < -0.3 is 14.8 Å². The second-order valence-corrected chi connectivity index (χ2v) is 9.50. The number of ether oxygens (including phenoxy) is 2. The van der Waals surface area contributed by atoms with E-state index in [9.17, 15) is 13.2 Å². The lowest BCUT2D eigenvalue weighted by Gasteiger charge is -2.19. The lowest BCUT2D eigenvalue weighted by Crippen LogP contribution is -2.32. The molecule has 0 radical (unpaired) electrons. The smallest absolute Gasteiger partial charge is 0.240 e. The molecule has 0 bridgehead atoms. The van der Waals surface area contributed by atoms with E-state index in [-0.39, 0.29) is 29.8 Å². The highest BCUT2D eigenvalue weighted by molar-refractivity contribution is 7.89. The minimum Gasteiger partial charge on any atom is -0.486 e. The van der Waals surface area contributed by atoms with Crippen LogP contribution in [-0.4, -0.2) is 34.1 Å². The minimum absolute atomic E-state index is 0.0116. The fourth-order valence-electron chi connectivity index (χ4n) is 3.56. The first-order valence-corrected chi connectivity index (χ1v) is 12.2. The molecule has 1 heterocycles. The van der Waals surface area contributed by atoms with Crippen molar-refractivity contribution in [2.24, 2.45) is 0 Å². The Balaban J connectivity index is 1.28. The summed E-state index contributed by atoms with van der Waals surface area (Å²) >= 11 is 0. The van der Waals surface area contributed by atoms with E-state index < -0.39 is 10.0 Å². The van der Waals surface area contributed by atoms with Crippen molar-refractivity contribution >= 4 is 15.9 Å². The Morgan fingerprint density at radius 1 is 0.909 bits per heavy atom. The number of benzene rings is 3. The van der Waals surface area contributed by atoms with Gasteiger partial charge >= 0.3 is 0 Å². The van der Waals surface area contributed by atoms with Gasteiger partial charge in [-0.2, -0.15) is 0 Å². The molecule has 0 saturated heterocycles. The van der Waals surface area contributed by atoms with Crippen molar-refractivity contribution in [1.82, 2.24) is 10.0 Å². The molecule has 1 atom stereocenters. The fraction of sp³-hybridized carbons (Fsp3) is 0.240. The predicted octanol–water partition coefficient (Wildman–Crippen LogP) is 3.67. The maximum Gasteiger partial charge on any atom is 0.240 e. The summed E-state index contributed by atoms with van der Waals surface area (Å²) in [5.74, 6) is 0.679. The Kier molecular flexibility index (Phi) is 6.96. The van der Waals surface area contributed by atoms with E-state index in [1.807, 2.05) is 61.5 Å². The maximum atomic E-state index is 12.6. The Morgan fingerprint density at radius 2 is 1.58 bits per heavy atom. The second kappa shape index (κ2) is 10.1. The van der Waals surface area contributed by atoms with Crippen molar-refractivity contribution < 1.29 is 22.7 Å². The van der Waals surface area contributed by atoms with Gasteiger partial charge in [-0.3, -0.25) is 4.79 Å². The van der Waals surface area contributed by atoms with Gasteiger partial charge in [-0.15, -0.1) is 0 Å². The quantitative estimate of drug-likeness (QED) is 0.528. The molecule has 7 nitrogen and oxygen atoms in total. The van der Waals surface area contributed by atoms with Crippen LogP contribution in [0.3, 0.4) is 0 Å². The molecule has 0 fully saturated rings. The van der Waals surface area contributed by atoms with Gasteiger partial charge in [0, 0.05) is 19.0 Å². The predicted molar refractivity (Wildman–Crippen MR) is 126 cm³/mol. The van der Waals surface area contributed by atoms with E-state index in [1.54, 1.807) is 6.07 Å². The van der Waals surface area contributed by atoms with E-state index in [0.29, 0.717) is 24.7 Å². The summed E-state index contributed by atoms with van der Waals surface area (Å²) in [6, 6.07) is 22.3. The third kappa shape index (κ3) is 5.71. The van der Waals surface area contributed by atoms with E-state index >= 15 is 0 Å². The minimum atomic E-state index is -3.77. The van der Waals surface area contributed by atoms with Crippen LogP contribution in [0.15, 0.2) is 77.7 Å². The Hall–Kier alpha value is -3.36. The molecule has 3 aromatic rings. The van der Waals surface area contributed by atoms with Crippen LogP contribution in [0.4, 0.5) is 0 Å². The van der Waals surface area contributed by atoms with Gasteiger partial charge in [-0.25, -0.2) is 13.1 Å². The standard InChI is InChI=1S/C25H26N2O5S/c1-18(19-7-9-21(10-8-19)20-5-3-2-4-6-20)27-25(28)13-14-26-33(29,30)22-11-12-23-24(17-22)32-16-15-31-23/h2-12,17-18,26H,13-16H2,1H3,(H,27,28)/t18-/m0/s1. The lowest BCUT2D eigenvalue weighted by molar-refractivity contribution is -0.121. The molecular formula is C25H26N2O5S. The first kappa shape index (κ1) is 22.8. The molecule has 0 spiro atoms. The number of rotatable bonds is 8. The number of nitrogens with one attached hydrogen (secondary N) is 2. The van der Waals surface area contributed by atoms with Gasteiger partial charge in [0.15, 0.2) is 11.5 Å². The highest BCUT2D eigenvalue weighted by Gasteiger charge is 2.19. The number of sulfonamides is 1. The number of amides is 1. The normalized spacial score (nSPS) is 13.8.